The van der Waals surface area contributed by atoms with Crippen molar-refractivity contribution in [2.24, 2.45) is 0 Å². The molecule has 0 saturated heterocycles. The van der Waals surface area contributed by atoms with Gasteiger partial charge in [-0.25, -0.2) is 4.79 Å². The molecule has 0 aliphatic rings. The molecule has 0 aliphatic heterocycles. The number of allylic oxidation sites excluding steroid dienone is 1. The highest BCUT2D eigenvalue weighted by molar-refractivity contribution is 6.34. The highest BCUT2D eigenvalue weighted by Gasteiger charge is 2.08. The number of carbonyl (C=O) groups is 1. The molecule has 0 unspecified atom stereocenters. The highest BCUT2D eigenvalue weighted by Crippen LogP contribution is 2.27. The number of amides is 2. The smallest absolute Gasteiger partial charge is 0.312 e. The Labute approximate surface area is 100 Å². The summed E-state index contributed by atoms with van der Waals surface area (Å²) in [7, 11) is 0. The molecule has 0 radical (unpaired) electrons. The SMILES string of the molecule is C=C(C)NC(=O)Nc1c(C)cc(C)cc1Cl. The molecule has 86 valence electrons. The van der Waals surface area contributed by atoms with Gasteiger partial charge in [0.25, 0.3) is 0 Å². The van der Waals surface area contributed by atoms with Gasteiger partial charge in [-0.1, -0.05) is 24.2 Å². The van der Waals surface area contributed by atoms with E-state index in [2.05, 4.69) is 17.2 Å². The molecule has 4 heteroatoms. The molecule has 2 amide bonds. The lowest BCUT2D eigenvalue weighted by molar-refractivity contribution is 0.254. The van der Waals surface area contributed by atoms with E-state index < -0.39 is 0 Å². The van der Waals surface area contributed by atoms with E-state index in [9.17, 15) is 4.79 Å². The first kappa shape index (κ1) is 12.6. The zero-order valence-corrected chi connectivity index (χ0v) is 10.4. The number of hydrogen-bond donors (Lipinski definition) is 2. The van der Waals surface area contributed by atoms with Gasteiger partial charge in [-0.3, -0.25) is 0 Å². The van der Waals surface area contributed by atoms with E-state index in [4.69, 9.17) is 11.6 Å². The minimum Gasteiger partial charge on any atom is -0.312 e. The predicted molar refractivity (Wildman–Crippen MR) is 67.9 cm³/mol. The molecule has 16 heavy (non-hydrogen) atoms. The number of halogens is 1. The van der Waals surface area contributed by atoms with Crippen LogP contribution in [0.2, 0.25) is 5.02 Å². The van der Waals surface area contributed by atoms with E-state index in [0.29, 0.717) is 16.4 Å². The van der Waals surface area contributed by atoms with Crippen LogP contribution in [0.1, 0.15) is 18.1 Å². The molecule has 1 aromatic carbocycles. The van der Waals surface area contributed by atoms with Crippen molar-refractivity contribution in [1.82, 2.24) is 5.32 Å². The lowest BCUT2D eigenvalue weighted by Gasteiger charge is -2.12. The van der Waals surface area contributed by atoms with Gasteiger partial charge in [0, 0.05) is 5.70 Å². The van der Waals surface area contributed by atoms with Crippen molar-refractivity contribution in [1.29, 1.82) is 0 Å². The average molecular weight is 239 g/mol. The number of aryl methyl sites for hydroxylation is 2. The lowest BCUT2D eigenvalue weighted by atomic mass is 10.1. The van der Waals surface area contributed by atoms with Crippen LogP contribution in [0, 0.1) is 13.8 Å². The van der Waals surface area contributed by atoms with Crippen LogP contribution in [0.3, 0.4) is 0 Å². The van der Waals surface area contributed by atoms with E-state index in [1.54, 1.807) is 6.92 Å². The average Bonchev–Trinajstić information content (AvgIpc) is 2.09. The summed E-state index contributed by atoms with van der Waals surface area (Å²) in [5.74, 6) is 0. The van der Waals surface area contributed by atoms with Crippen molar-refractivity contribution in [2.75, 3.05) is 5.32 Å². The number of anilines is 1. The third kappa shape index (κ3) is 3.28. The van der Waals surface area contributed by atoms with E-state index in [-0.39, 0.29) is 6.03 Å². The Balaban J connectivity index is 2.89. The number of carbonyl (C=O) groups excluding carboxylic acids is 1. The van der Waals surface area contributed by atoms with Gasteiger partial charge in [0.05, 0.1) is 10.7 Å². The van der Waals surface area contributed by atoms with Crippen molar-refractivity contribution < 1.29 is 4.79 Å². The Morgan fingerprint density at radius 3 is 2.50 bits per heavy atom. The Morgan fingerprint density at radius 1 is 1.38 bits per heavy atom. The van der Waals surface area contributed by atoms with Crippen LogP contribution in [-0.4, -0.2) is 6.03 Å². The fourth-order valence-electron chi connectivity index (χ4n) is 1.41. The molecule has 0 heterocycles. The standard InChI is InChI=1S/C12H15ClN2O/c1-7(2)14-12(16)15-11-9(4)5-8(3)6-10(11)13/h5-6H,1H2,2-4H3,(H2,14,15,16). The Hall–Kier alpha value is -1.48. The summed E-state index contributed by atoms with van der Waals surface area (Å²) in [6.45, 7) is 9.16. The van der Waals surface area contributed by atoms with Crippen LogP contribution in [0.25, 0.3) is 0 Å². The Bertz CT molecular complexity index is 418. The molecule has 0 aliphatic carbocycles. The summed E-state index contributed by atoms with van der Waals surface area (Å²) >= 11 is 6.05. The van der Waals surface area contributed by atoms with Gasteiger partial charge < -0.3 is 10.6 Å². The number of urea groups is 1. The van der Waals surface area contributed by atoms with Crippen LogP contribution < -0.4 is 10.6 Å². The first-order chi connectivity index (χ1) is 7.40. The second-order valence-electron chi connectivity index (χ2n) is 3.80. The van der Waals surface area contributed by atoms with Crippen LogP contribution >= 0.6 is 11.6 Å². The van der Waals surface area contributed by atoms with Crippen molar-refractivity contribution >= 4 is 23.3 Å². The van der Waals surface area contributed by atoms with Gasteiger partial charge in [-0.05, 0) is 38.0 Å². The van der Waals surface area contributed by atoms with Gasteiger partial charge in [-0.15, -0.1) is 0 Å². The van der Waals surface area contributed by atoms with E-state index in [1.807, 2.05) is 26.0 Å². The molecule has 0 aromatic heterocycles. The summed E-state index contributed by atoms with van der Waals surface area (Å²) in [5, 5.41) is 5.79. The molecule has 2 N–H and O–H groups in total. The minimum absolute atomic E-state index is 0.332. The summed E-state index contributed by atoms with van der Waals surface area (Å²) in [6.07, 6.45) is 0. The van der Waals surface area contributed by atoms with Crippen molar-refractivity contribution in [3.63, 3.8) is 0 Å². The van der Waals surface area contributed by atoms with Gasteiger partial charge in [-0.2, -0.15) is 0 Å². The van der Waals surface area contributed by atoms with Crippen LogP contribution in [0.15, 0.2) is 24.4 Å². The van der Waals surface area contributed by atoms with Gasteiger partial charge >= 0.3 is 6.03 Å². The summed E-state index contributed by atoms with van der Waals surface area (Å²) < 4.78 is 0. The third-order valence-corrected chi connectivity index (χ3v) is 2.30. The third-order valence-electron chi connectivity index (χ3n) is 2.00. The fourth-order valence-corrected chi connectivity index (χ4v) is 1.78. The quantitative estimate of drug-likeness (QED) is 0.812. The van der Waals surface area contributed by atoms with Crippen LogP contribution in [0.5, 0.6) is 0 Å². The zero-order chi connectivity index (χ0) is 12.3. The summed E-state index contributed by atoms with van der Waals surface area (Å²) in [5.41, 5.74) is 3.21. The lowest BCUT2D eigenvalue weighted by Crippen LogP contribution is -2.27. The molecular weight excluding hydrogens is 224 g/mol. The van der Waals surface area contributed by atoms with Gasteiger partial charge in [0.1, 0.15) is 0 Å². The van der Waals surface area contributed by atoms with E-state index in [1.165, 1.54) is 0 Å². The van der Waals surface area contributed by atoms with Crippen molar-refractivity contribution in [2.45, 2.75) is 20.8 Å². The zero-order valence-electron chi connectivity index (χ0n) is 9.65. The number of benzene rings is 1. The van der Waals surface area contributed by atoms with Crippen molar-refractivity contribution in [3.05, 3.63) is 40.6 Å². The molecule has 0 saturated carbocycles. The minimum atomic E-state index is -0.332. The van der Waals surface area contributed by atoms with Crippen LogP contribution in [0.4, 0.5) is 10.5 Å². The summed E-state index contributed by atoms with van der Waals surface area (Å²) in [4.78, 5) is 11.5. The summed E-state index contributed by atoms with van der Waals surface area (Å²) in [6, 6.07) is 3.44. The molecule has 3 nitrogen and oxygen atoms in total. The Kier molecular flexibility index (Phi) is 3.96. The molecule has 0 fully saturated rings. The highest BCUT2D eigenvalue weighted by atomic mass is 35.5. The maximum atomic E-state index is 11.5. The van der Waals surface area contributed by atoms with Crippen molar-refractivity contribution in [3.8, 4) is 0 Å². The number of rotatable bonds is 2. The van der Waals surface area contributed by atoms with Crippen LogP contribution in [-0.2, 0) is 0 Å². The second-order valence-corrected chi connectivity index (χ2v) is 4.21. The molecule has 1 rings (SSSR count). The van der Waals surface area contributed by atoms with E-state index in [0.717, 1.165) is 11.1 Å². The second kappa shape index (κ2) is 5.03. The first-order valence-electron chi connectivity index (χ1n) is 4.90. The van der Waals surface area contributed by atoms with Gasteiger partial charge in [0.15, 0.2) is 0 Å². The maximum absolute atomic E-state index is 11.5. The fraction of sp³-hybridized carbons (Fsp3) is 0.250. The molecule has 1 aromatic rings. The monoisotopic (exact) mass is 238 g/mol. The topological polar surface area (TPSA) is 41.1 Å². The predicted octanol–water partition coefficient (Wildman–Crippen LogP) is 3.61. The molecule has 0 spiro atoms. The Morgan fingerprint density at radius 2 is 2.00 bits per heavy atom. The molecule has 0 atom stereocenters. The van der Waals surface area contributed by atoms with E-state index >= 15 is 0 Å². The van der Waals surface area contributed by atoms with Gasteiger partial charge in [0.2, 0.25) is 0 Å². The normalized spacial score (nSPS) is 9.75. The first-order valence-corrected chi connectivity index (χ1v) is 5.28. The molecule has 0 bridgehead atoms. The molecular formula is C12H15ClN2O. The number of nitrogens with one attached hydrogen (secondary N) is 2. The largest absolute Gasteiger partial charge is 0.323 e. The maximum Gasteiger partial charge on any atom is 0.323 e. The number of hydrogen-bond acceptors (Lipinski definition) is 1.